The van der Waals surface area contributed by atoms with Crippen molar-refractivity contribution in [1.29, 1.82) is 0 Å². The summed E-state index contributed by atoms with van der Waals surface area (Å²) in [6.07, 6.45) is 7.30. The van der Waals surface area contributed by atoms with E-state index in [1.165, 1.54) is 0 Å². The molecule has 0 saturated heterocycles. The lowest BCUT2D eigenvalue weighted by atomic mass is 9.66. The lowest BCUT2D eigenvalue weighted by molar-refractivity contribution is 0.272. The van der Waals surface area contributed by atoms with Crippen LogP contribution in [0, 0.1) is 17.8 Å². The summed E-state index contributed by atoms with van der Waals surface area (Å²) in [6, 6.07) is 1.96. The molecule has 1 aliphatic heterocycles. The first-order valence-corrected chi connectivity index (χ1v) is 11.0. The molecule has 2 aromatic heterocycles. The predicted molar refractivity (Wildman–Crippen MR) is 100 cm³/mol. The zero-order valence-corrected chi connectivity index (χ0v) is 15.2. The van der Waals surface area contributed by atoms with Crippen molar-refractivity contribution in [3.05, 3.63) is 30.0 Å². The van der Waals surface area contributed by atoms with Gasteiger partial charge in [0.05, 0.1) is 17.7 Å². The molecule has 2 aliphatic carbocycles. The third kappa shape index (κ3) is 2.95. The first-order valence-electron chi connectivity index (χ1n) is 9.22. The van der Waals surface area contributed by atoms with Crippen LogP contribution >= 0.6 is 0 Å². The minimum absolute atomic E-state index is 0.219. The number of rotatable bonds is 5. The van der Waals surface area contributed by atoms with Gasteiger partial charge in [-0.05, 0) is 61.1 Å². The van der Waals surface area contributed by atoms with Crippen LogP contribution in [0.15, 0.2) is 24.4 Å². The van der Waals surface area contributed by atoms with Crippen LogP contribution in [0.4, 0.5) is 0 Å². The second kappa shape index (κ2) is 5.86. The minimum Gasteiger partial charge on any atom is -0.531 e. The average Bonchev–Trinajstić information content (AvgIpc) is 3.21. The van der Waals surface area contributed by atoms with Crippen molar-refractivity contribution in [3.63, 3.8) is 0 Å². The van der Waals surface area contributed by atoms with E-state index in [9.17, 15) is 13.4 Å². The average molecular weight is 372 g/mol. The van der Waals surface area contributed by atoms with E-state index in [0.717, 1.165) is 47.9 Å². The highest BCUT2D eigenvalue weighted by atomic mass is 32.2. The molecule has 6 nitrogen and oxygen atoms in total. The van der Waals surface area contributed by atoms with E-state index >= 15 is 0 Å². The molecule has 0 spiro atoms. The van der Waals surface area contributed by atoms with E-state index in [1.807, 2.05) is 12.3 Å². The quantitative estimate of drug-likeness (QED) is 0.786. The Labute approximate surface area is 152 Å². The summed E-state index contributed by atoms with van der Waals surface area (Å²) >= 11 is 0. The molecule has 2 fully saturated rings. The zero-order chi connectivity index (χ0) is 17.9. The molecule has 0 aromatic carbocycles. The summed E-state index contributed by atoms with van der Waals surface area (Å²) in [5.74, 6) is 3.90. The molecule has 0 bridgehead atoms. The maximum atomic E-state index is 12.3. The predicted octanol–water partition coefficient (Wildman–Crippen LogP) is 2.21. The monoisotopic (exact) mass is 372 g/mol. The zero-order valence-electron chi connectivity index (χ0n) is 14.4. The summed E-state index contributed by atoms with van der Waals surface area (Å²) in [7, 11) is -3.92. The van der Waals surface area contributed by atoms with E-state index in [1.54, 1.807) is 12.2 Å². The van der Waals surface area contributed by atoms with Gasteiger partial charge in [-0.15, -0.1) is 0 Å². The number of aromatic nitrogens is 2. The Morgan fingerprint density at radius 2 is 2.04 bits per heavy atom. The van der Waals surface area contributed by atoms with Crippen LogP contribution in [0.3, 0.4) is 0 Å². The van der Waals surface area contributed by atoms with E-state index in [-0.39, 0.29) is 11.8 Å². The molecule has 8 heteroatoms. The highest BCUT2D eigenvalue weighted by molar-refractivity contribution is 7.91. The molecule has 2 aromatic rings. The van der Waals surface area contributed by atoms with Crippen LogP contribution in [0.5, 0.6) is 5.75 Å². The highest BCUT2D eigenvalue weighted by Gasteiger charge is 2.40. The van der Waals surface area contributed by atoms with Crippen molar-refractivity contribution in [2.75, 3.05) is 11.5 Å². The normalized spacial score (nSPS) is 25.4. The Kier molecular flexibility index (Phi) is 3.69. The molecule has 2 saturated carbocycles. The highest BCUT2D eigenvalue weighted by Crippen LogP contribution is 2.48. The van der Waals surface area contributed by atoms with Gasteiger partial charge < -0.3 is 14.7 Å². The van der Waals surface area contributed by atoms with Gasteiger partial charge in [0.15, 0.2) is 9.84 Å². The Hall–Kier alpha value is -1.80. The Morgan fingerprint density at radius 3 is 2.81 bits per heavy atom. The van der Waals surface area contributed by atoms with Crippen LogP contribution in [-0.4, -0.2) is 42.0 Å². The van der Waals surface area contributed by atoms with Crippen LogP contribution in [0.2, 0.25) is 0 Å². The number of hydrogen-bond acceptors (Lipinski definition) is 5. The molecular weight excluding hydrogens is 351 g/mol. The molecular formula is C18H21BN2O4S. The fourth-order valence-corrected chi connectivity index (χ4v) is 6.49. The Morgan fingerprint density at radius 1 is 1.27 bits per heavy atom. The third-order valence-electron chi connectivity index (χ3n) is 5.76. The number of nitrogens with zero attached hydrogens (tertiary/aromatic N) is 1. The first kappa shape index (κ1) is 16.4. The van der Waals surface area contributed by atoms with Crippen molar-refractivity contribution >= 4 is 33.6 Å². The van der Waals surface area contributed by atoms with Gasteiger partial charge in [0.2, 0.25) is 0 Å². The van der Waals surface area contributed by atoms with Crippen molar-refractivity contribution in [1.82, 2.24) is 9.97 Å². The maximum Gasteiger partial charge on any atom is 0.552 e. The van der Waals surface area contributed by atoms with Crippen LogP contribution in [0.25, 0.3) is 16.6 Å². The van der Waals surface area contributed by atoms with E-state index in [0.29, 0.717) is 23.2 Å². The smallest absolute Gasteiger partial charge is 0.531 e. The minimum atomic E-state index is -2.94. The largest absolute Gasteiger partial charge is 0.552 e. The van der Waals surface area contributed by atoms with Crippen LogP contribution in [-0.2, 0) is 9.84 Å². The van der Waals surface area contributed by atoms with Crippen molar-refractivity contribution in [2.45, 2.75) is 25.7 Å². The summed E-state index contributed by atoms with van der Waals surface area (Å²) in [4.78, 5) is 7.43. The van der Waals surface area contributed by atoms with Gasteiger partial charge in [-0.25, -0.2) is 13.4 Å². The van der Waals surface area contributed by atoms with Crippen molar-refractivity contribution in [3.8, 4) is 5.75 Å². The third-order valence-corrected chi connectivity index (χ3v) is 7.72. The number of nitrogens with one attached hydrogen (secondary N) is 1. The second-order valence-electron chi connectivity index (χ2n) is 7.92. The molecule has 3 aliphatic rings. The summed E-state index contributed by atoms with van der Waals surface area (Å²) in [5, 5.41) is 11.0. The van der Waals surface area contributed by atoms with E-state index in [2.05, 4.69) is 9.97 Å². The van der Waals surface area contributed by atoms with Gasteiger partial charge in [0.1, 0.15) is 11.4 Å². The van der Waals surface area contributed by atoms with Crippen LogP contribution in [0.1, 0.15) is 31.2 Å². The summed E-state index contributed by atoms with van der Waals surface area (Å²) < 4.78 is 30.1. The first-order chi connectivity index (χ1) is 12.5. The number of H-pyrrole nitrogens is 1. The lowest BCUT2D eigenvalue weighted by Gasteiger charge is -2.38. The molecule has 5 rings (SSSR count). The molecule has 0 atom stereocenters. The molecule has 26 heavy (non-hydrogen) atoms. The molecule has 3 heterocycles. The SMILES string of the molecule is O=S(=O)(CC1CC1)CC1CC(C2=CB(O)Oc3cnc4[nH]ccc4c32)C1. The van der Waals surface area contributed by atoms with Gasteiger partial charge in [-0.1, -0.05) is 0 Å². The number of aromatic amines is 1. The standard InChI is InChI=1S/C18H21BN2O4S/c22-19-7-15(17-14-3-4-20-18(14)21-8-16(17)25-19)13-5-12(6-13)10-26(23,24)9-11-1-2-11/h3-4,7-8,11-13,22H,1-2,5-6,9-10H2,(H,20,21). The van der Waals surface area contributed by atoms with E-state index in [4.69, 9.17) is 4.65 Å². The number of sulfone groups is 1. The fourth-order valence-electron chi connectivity index (χ4n) is 4.31. The summed E-state index contributed by atoms with van der Waals surface area (Å²) in [6.45, 7) is 0. The number of allylic oxidation sites excluding steroid dienone is 1. The Balaban J connectivity index is 1.36. The lowest BCUT2D eigenvalue weighted by Crippen LogP contribution is -2.34. The molecule has 136 valence electrons. The summed E-state index contributed by atoms with van der Waals surface area (Å²) in [5.41, 5.74) is 2.82. The van der Waals surface area contributed by atoms with Crippen LogP contribution < -0.4 is 4.65 Å². The Bertz CT molecular complexity index is 990. The molecule has 0 amide bonds. The van der Waals surface area contributed by atoms with Gasteiger partial charge >= 0.3 is 7.12 Å². The van der Waals surface area contributed by atoms with Crippen molar-refractivity contribution in [2.24, 2.45) is 17.8 Å². The maximum absolute atomic E-state index is 12.3. The molecule has 2 N–H and O–H groups in total. The van der Waals surface area contributed by atoms with E-state index < -0.39 is 17.0 Å². The van der Waals surface area contributed by atoms with Gasteiger partial charge in [-0.3, -0.25) is 0 Å². The topological polar surface area (TPSA) is 92.3 Å². The van der Waals surface area contributed by atoms with Gasteiger partial charge in [-0.2, -0.15) is 0 Å². The molecule has 0 radical (unpaired) electrons. The van der Waals surface area contributed by atoms with Gasteiger partial charge in [0, 0.05) is 17.1 Å². The van der Waals surface area contributed by atoms with Gasteiger partial charge in [0.25, 0.3) is 0 Å². The number of fused-ring (bicyclic) bond motifs is 3. The number of hydrogen-bond donors (Lipinski definition) is 2. The van der Waals surface area contributed by atoms with Crippen molar-refractivity contribution < 1.29 is 18.1 Å². The number of pyridine rings is 1. The second-order valence-corrected chi connectivity index (χ2v) is 10.1. The molecule has 0 unspecified atom stereocenters. The fraction of sp³-hybridized carbons (Fsp3) is 0.500.